The van der Waals surface area contributed by atoms with Crippen molar-refractivity contribution in [1.82, 2.24) is 9.47 Å². The highest BCUT2D eigenvalue weighted by molar-refractivity contribution is 9.10. The van der Waals surface area contributed by atoms with E-state index in [9.17, 15) is 4.79 Å². The van der Waals surface area contributed by atoms with E-state index in [4.69, 9.17) is 5.11 Å². The van der Waals surface area contributed by atoms with Gasteiger partial charge in [0, 0.05) is 35.8 Å². The summed E-state index contributed by atoms with van der Waals surface area (Å²) in [5.41, 5.74) is 0.328. The summed E-state index contributed by atoms with van der Waals surface area (Å²) in [6.45, 7) is 10.2. The molecule has 1 heterocycles. The van der Waals surface area contributed by atoms with Crippen molar-refractivity contribution in [2.75, 3.05) is 6.54 Å². The molecule has 1 rings (SSSR count). The minimum absolute atomic E-state index is 0.328. The fourth-order valence-electron chi connectivity index (χ4n) is 2.17. The van der Waals surface area contributed by atoms with Gasteiger partial charge in [0.1, 0.15) is 5.69 Å². The molecule has 0 saturated carbocycles. The molecule has 0 saturated heterocycles. The van der Waals surface area contributed by atoms with Gasteiger partial charge in [-0.25, -0.2) is 4.79 Å². The molecule has 1 aromatic rings. The van der Waals surface area contributed by atoms with Crippen molar-refractivity contribution in [3.8, 4) is 0 Å². The van der Waals surface area contributed by atoms with Gasteiger partial charge in [0.05, 0.1) is 0 Å². The van der Waals surface area contributed by atoms with Crippen molar-refractivity contribution in [3.05, 3.63) is 22.4 Å². The van der Waals surface area contributed by atoms with Crippen molar-refractivity contribution in [3.63, 3.8) is 0 Å². The predicted octanol–water partition coefficient (Wildman–Crippen LogP) is 3.07. The molecule has 1 N–H and O–H groups in total. The zero-order chi connectivity index (χ0) is 13.9. The fourth-order valence-corrected chi connectivity index (χ4v) is 2.64. The summed E-state index contributed by atoms with van der Waals surface area (Å²) in [4.78, 5) is 13.4. The Morgan fingerprint density at radius 3 is 2.39 bits per heavy atom. The van der Waals surface area contributed by atoms with Crippen LogP contribution in [0.5, 0.6) is 0 Å². The van der Waals surface area contributed by atoms with Gasteiger partial charge in [-0.2, -0.15) is 0 Å². The number of carboxylic acids is 1. The smallest absolute Gasteiger partial charge is 0.352 e. The Morgan fingerprint density at radius 1 is 1.39 bits per heavy atom. The quantitative estimate of drug-likeness (QED) is 0.877. The SMILES string of the molecule is CC(C)N(CCn1cc(Br)cc1C(=O)O)C(C)C. The molecule has 0 unspecified atom stereocenters. The van der Waals surface area contributed by atoms with Crippen molar-refractivity contribution in [1.29, 1.82) is 0 Å². The maximum atomic E-state index is 11.1. The van der Waals surface area contributed by atoms with Gasteiger partial charge in [0.15, 0.2) is 0 Å². The molecule has 1 aromatic heterocycles. The standard InChI is InChI=1S/C13H21BrN2O2/c1-9(2)16(10(3)4)6-5-15-8-11(14)7-12(15)13(17)18/h7-10H,5-6H2,1-4H3,(H,17,18). The van der Waals surface area contributed by atoms with Crippen molar-refractivity contribution in [2.45, 2.75) is 46.3 Å². The van der Waals surface area contributed by atoms with E-state index in [1.54, 1.807) is 10.6 Å². The van der Waals surface area contributed by atoms with Crippen molar-refractivity contribution in [2.24, 2.45) is 0 Å². The summed E-state index contributed by atoms with van der Waals surface area (Å²) in [7, 11) is 0. The molecule has 18 heavy (non-hydrogen) atoms. The first-order valence-corrected chi connectivity index (χ1v) is 6.97. The third kappa shape index (κ3) is 3.85. The van der Waals surface area contributed by atoms with Gasteiger partial charge in [-0.15, -0.1) is 0 Å². The monoisotopic (exact) mass is 316 g/mol. The number of halogens is 1. The van der Waals surface area contributed by atoms with E-state index >= 15 is 0 Å². The molecule has 4 nitrogen and oxygen atoms in total. The Morgan fingerprint density at radius 2 is 1.94 bits per heavy atom. The van der Waals surface area contributed by atoms with E-state index in [1.165, 1.54) is 0 Å². The van der Waals surface area contributed by atoms with Crippen LogP contribution < -0.4 is 0 Å². The summed E-state index contributed by atoms with van der Waals surface area (Å²) in [6.07, 6.45) is 1.82. The maximum Gasteiger partial charge on any atom is 0.352 e. The summed E-state index contributed by atoms with van der Waals surface area (Å²) in [5.74, 6) is -0.888. The molecular formula is C13H21BrN2O2. The first kappa shape index (κ1) is 15.2. The summed E-state index contributed by atoms with van der Waals surface area (Å²) < 4.78 is 2.59. The van der Waals surface area contributed by atoms with Crippen molar-refractivity contribution < 1.29 is 9.90 Å². The number of nitrogens with zero attached hydrogens (tertiary/aromatic N) is 2. The van der Waals surface area contributed by atoms with Gasteiger partial charge in [0.25, 0.3) is 0 Å². The number of carbonyl (C=O) groups is 1. The van der Waals surface area contributed by atoms with Crippen LogP contribution in [0.2, 0.25) is 0 Å². The fraction of sp³-hybridized carbons (Fsp3) is 0.615. The Balaban J connectivity index is 2.76. The number of rotatable bonds is 6. The normalized spacial score (nSPS) is 11.8. The lowest BCUT2D eigenvalue weighted by Crippen LogP contribution is -2.39. The molecule has 0 aliphatic heterocycles. The highest BCUT2D eigenvalue weighted by Gasteiger charge is 2.16. The molecule has 0 aliphatic carbocycles. The average Bonchev–Trinajstić information content (AvgIpc) is 2.59. The van der Waals surface area contributed by atoms with Crippen LogP contribution in [0.4, 0.5) is 0 Å². The minimum atomic E-state index is -0.888. The molecule has 0 atom stereocenters. The van der Waals surface area contributed by atoms with Gasteiger partial charge in [-0.05, 0) is 49.7 Å². The molecule has 0 spiro atoms. The Labute approximate surface area is 117 Å². The van der Waals surface area contributed by atoms with Crippen LogP contribution in [0, 0.1) is 0 Å². The lowest BCUT2D eigenvalue weighted by atomic mass is 10.2. The van der Waals surface area contributed by atoms with E-state index in [0.29, 0.717) is 24.3 Å². The van der Waals surface area contributed by atoms with Gasteiger partial charge in [-0.3, -0.25) is 4.90 Å². The van der Waals surface area contributed by atoms with E-state index in [2.05, 4.69) is 48.5 Å². The van der Waals surface area contributed by atoms with Gasteiger partial charge in [-0.1, -0.05) is 0 Å². The van der Waals surface area contributed by atoms with Crippen LogP contribution in [-0.2, 0) is 6.54 Å². The highest BCUT2D eigenvalue weighted by Crippen LogP contribution is 2.15. The molecule has 0 bridgehead atoms. The average molecular weight is 317 g/mol. The summed E-state index contributed by atoms with van der Waals surface area (Å²) in [6, 6.07) is 2.55. The molecule has 0 aliphatic rings. The number of hydrogen-bond donors (Lipinski definition) is 1. The van der Waals surface area contributed by atoms with Crippen molar-refractivity contribution >= 4 is 21.9 Å². The minimum Gasteiger partial charge on any atom is -0.477 e. The number of aromatic carboxylic acids is 1. The van der Waals surface area contributed by atoms with Gasteiger partial charge >= 0.3 is 5.97 Å². The number of carboxylic acid groups (broad SMARTS) is 1. The van der Waals surface area contributed by atoms with Crippen LogP contribution in [0.15, 0.2) is 16.7 Å². The maximum absolute atomic E-state index is 11.1. The Bertz CT molecular complexity index is 405. The predicted molar refractivity (Wildman–Crippen MR) is 76.1 cm³/mol. The summed E-state index contributed by atoms with van der Waals surface area (Å²) >= 11 is 3.32. The van der Waals surface area contributed by atoms with E-state index < -0.39 is 5.97 Å². The van der Waals surface area contributed by atoms with Gasteiger partial charge < -0.3 is 9.67 Å². The molecule has 5 heteroatoms. The first-order valence-electron chi connectivity index (χ1n) is 6.17. The molecule has 0 aromatic carbocycles. The first-order chi connectivity index (χ1) is 8.32. The lowest BCUT2D eigenvalue weighted by Gasteiger charge is -2.30. The second kappa shape index (κ2) is 6.38. The van der Waals surface area contributed by atoms with Crippen LogP contribution in [-0.4, -0.2) is 39.2 Å². The topological polar surface area (TPSA) is 45.5 Å². The van der Waals surface area contributed by atoms with E-state index in [0.717, 1.165) is 11.0 Å². The van der Waals surface area contributed by atoms with Crippen LogP contribution in [0.25, 0.3) is 0 Å². The summed E-state index contributed by atoms with van der Waals surface area (Å²) in [5, 5.41) is 9.11. The van der Waals surface area contributed by atoms with Crippen LogP contribution in [0.1, 0.15) is 38.2 Å². The van der Waals surface area contributed by atoms with E-state index in [1.807, 2.05) is 6.20 Å². The third-order valence-electron chi connectivity index (χ3n) is 3.01. The molecule has 0 radical (unpaired) electrons. The molecule has 0 fully saturated rings. The molecular weight excluding hydrogens is 296 g/mol. The zero-order valence-electron chi connectivity index (χ0n) is 11.4. The molecule has 102 valence electrons. The van der Waals surface area contributed by atoms with Crippen LogP contribution >= 0.6 is 15.9 Å². The third-order valence-corrected chi connectivity index (χ3v) is 3.44. The number of hydrogen-bond acceptors (Lipinski definition) is 2. The second-order valence-corrected chi connectivity index (χ2v) is 5.88. The zero-order valence-corrected chi connectivity index (χ0v) is 12.9. The Kier molecular flexibility index (Phi) is 5.41. The highest BCUT2D eigenvalue weighted by atomic mass is 79.9. The van der Waals surface area contributed by atoms with Gasteiger partial charge in [0.2, 0.25) is 0 Å². The Hall–Kier alpha value is -0.810. The van der Waals surface area contributed by atoms with E-state index in [-0.39, 0.29) is 0 Å². The number of aromatic nitrogens is 1. The second-order valence-electron chi connectivity index (χ2n) is 4.97. The molecule has 0 amide bonds. The van der Waals surface area contributed by atoms with Crippen LogP contribution in [0.3, 0.4) is 0 Å². The largest absolute Gasteiger partial charge is 0.477 e. The lowest BCUT2D eigenvalue weighted by molar-refractivity contribution is 0.0683.